The predicted molar refractivity (Wildman–Crippen MR) is 90.5 cm³/mol. The van der Waals surface area contributed by atoms with Gasteiger partial charge in [-0.25, -0.2) is 0 Å². The monoisotopic (exact) mass is 345 g/mol. The molecule has 2 rings (SSSR count). The van der Waals surface area contributed by atoms with Crippen LogP contribution in [-0.4, -0.2) is 33.8 Å². The smallest absolute Gasteiger partial charge is 0.487 e. The van der Waals surface area contributed by atoms with Crippen molar-refractivity contribution in [3.05, 3.63) is 58.3 Å². The number of carbonyl (C=O) groups is 1. The number of Topliss-reactive ketones (excluding diaryl/α,β-unsaturated/α-hetero) is 1. The van der Waals surface area contributed by atoms with E-state index < -0.39 is 28.6 Å². The Morgan fingerprint density at radius 2 is 1.88 bits per heavy atom. The van der Waals surface area contributed by atoms with Crippen LogP contribution in [0, 0.1) is 5.39 Å². The number of diazo groups is 1. The number of hydrogen-bond acceptors (Lipinski definition) is 6. The Morgan fingerprint density at radius 3 is 2.36 bits per heavy atom. The summed E-state index contributed by atoms with van der Waals surface area (Å²) in [7, 11) is 0. The van der Waals surface area contributed by atoms with Crippen molar-refractivity contribution in [2.24, 2.45) is 0 Å². The fourth-order valence-electron chi connectivity index (χ4n) is 2.52. The molecule has 7 heteroatoms. The molecule has 0 fully saturated rings. The lowest BCUT2D eigenvalue weighted by Crippen LogP contribution is -2.52. The van der Waals surface area contributed by atoms with Crippen LogP contribution >= 0.6 is 0 Å². The molecule has 0 heterocycles. The number of hydrogen-bond donors (Lipinski definition) is 2. The Kier molecular flexibility index (Phi) is 4.86. The van der Waals surface area contributed by atoms with Crippen molar-refractivity contribution < 1.29 is 24.5 Å². The molecule has 1 aliphatic carbocycles. The van der Waals surface area contributed by atoms with Crippen LogP contribution in [0.3, 0.4) is 0 Å². The maximum absolute atomic E-state index is 12.7. The molecule has 0 saturated heterocycles. The van der Waals surface area contributed by atoms with Gasteiger partial charge < -0.3 is 19.7 Å². The molecule has 1 aromatic rings. The molecule has 0 radical (unpaired) electrons. The maximum atomic E-state index is 12.7. The summed E-state index contributed by atoms with van der Waals surface area (Å²) in [5.74, 6) is -1.70. The molecule has 25 heavy (non-hydrogen) atoms. The highest BCUT2D eigenvalue weighted by Gasteiger charge is 2.67. The Morgan fingerprint density at radius 1 is 1.28 bits per heavy atom. The van der Waals surface area contributed by atoms with Crippen molar-refractivity contribution in [3.8, 4) is 0 Å². The summed E-state index contributed by atoms with van der Waals surface area (Å²) in [6.45, 7) is 6.81. The highest BCUT2D eigenvalue weighted by Crippen LogP contribution is 2.47. The predicted octanol–water partition coefficient (Wildman–Crippen LogP) is 3.14. The van der Waals surface area contributed by atoms with Crippen molar-refractivity contribution >= 4 is 11.4 Å². The van der Waals surface area contributed by atoms with Crippen LogP contribution in [0.4, 0.5) is 0 Å². The molecule has 7 nitrogen and oxygen atoms in total. The van der Waals surface area contributed by atoms with Crippen LogP contribution in [-0.2, 0) is 14.3 Å². The van der Waals surface area contributed by atoms with E-state index in [1.165, 1.54) is 0 Å². The summed E-state index contributed by atoms with van der Waals surface area (Å²) < 4.78 is 10.7. The summed E-state index contributed by atoms with van der Waals surface area (Å²) in [6, 6.07) is 8.65. The average molecular weight is 345 g/mol. The van der Waals surface area contributed by atoms with Crippen molar-refractivity contribution in [2.75, 3.05) is 6.61 Å². The zero-order chi connectivity index (χ0) is 18.8. The van der Waals surface area contributed by atoms with E-state index in [2.05, 4.69) is 4.98 Å². The lowest BCUT2D eigenvalue weighted by Gasteiger charge is -2.34. The number of ether oxygens (including phenoxy) is 2. The highest BCUT2D eigenvalue weighted by molar-refractivity contribution is 6.35. The molecule has 0 saturated carbocycles. The number of ketones is 1. The molecule has 0 spiro atoms. The first kappa shape index (κ1) is 18.5. The summed E-state index contributed by atoms with van der Waals surface area (Å²) in [5.41, 5.74) is -3.24. The van der Waals surface area contributed by atoms with Gasteiger partial charge in [0.1, 0.15) is 5.60 Å². The number of rotatable bonds is 5. The molecular weight excluding hydrogens is 324 g/mol. The van der Waals surface area contributed by atoms with E-state index in [9.17, 15) is 20.4 Å². The zero-order valence-corrected chi connectivity index (χ0v) is 14.6. The molecule has 132 valence electrons. The molecule has 0 amide bonds. The lowest BCUT2D eigenvalue weighted by atomic mass is 9.73. The number of benzene rings is 1. The van der Waals surface area contributed by atoms with E-state index in [4.69, 9.17) is 9.47 Å². The molecule has 1 atom stereocenters. The largest absolute Gasteiger partial charge is 0.493 e. The number of nitrogens with zero attached hydrogens (tertiary/aromatic N) is 2. The Hall–Kier alpha value is -2.85. The summed E-state index contributed by atoms with van der Waals surface area (Å²) >= 11 is 0. The van der Waals surface area contributed by atoms with Gasteiger partial charge in [-0.1, -0.05) is 30.3 Å². The molecule has 2 N–H and O–H groups in total. The Labute approximate surface area is 145 Å². The van der Waals surface area contributed by atoms with Crippen LogP contribution in [0.25, 0.3) is 10.5 Å². The summed E-state index contributed by atoms with van der Waals surface area (Å²) in [5, 5.41) is 30.3. The zero-order valence-electron chi connectivity index (χ0n) is 14.6. The van der Waals surface area contributed by atoms with Crippen LogP contribution in [0.1, 0.15) is 33.3 Å². The van der Waals surface area contributed by atoms with Crippen LogP contribution in [0.2, 0.25) is 0 Å². The van der Waals surface area contributed by atoms with E-state index in [0.717, 1.165) is 0 Å². The minimum absolute atomic E-state index is 0.0944. The van der Waals surface area contributed by atoms with Crippen molar-refractivity contribution in [2.45, 2.75) is 38.9 Å². The lowest BCUT2D eigenvalue weighted by molar-refractivity contribution is -0.133. The topological polar surface area (TPSA) is 104 Å². The van der Waals surface area contributed by atoms with Gasteiger partial charge in [-0.15, -0.1) is 0 Å². The van der Waals surface area contributed by atoms with E-state index in [-0.39, 0.29) is 17.9 Å². The van der Waals surface area contributed by atoms with Gasteiger partial charge in [-0.3, -0.25) is 4.79 Å². The molecular formula is C18H21N2O5+. The van der Waals surface area contributed by atoms with Gasteiger partial charge in [0.25, 0.3) is 0 Å². The molecule has 1 aromatic carbocycles. The van der Waals surface area contributed by atoms with Gasteiger partial charge >= 0.3 is 17.2 Å². The molecule has 1 unspecified atom stereocenters. The third-order valence-corrected chi connectivity index (χ3v) is 3.51. The maximum Gasteiger partial charge on any atom is 0.487 e. The van der Waals surface area contributed by atoms with E-state index in [1.807, 2.05) is 0 Å². The van der Waals surface area contributed by atoms with E-state index >= 15 is 0 Å². The van der Waals surface area contributed by atoms with Crippen molar-refractivity contribution in [1.82, 2.24) is 0 Å². The first-order valence-corrected chi connectivity index (χ1v) is 7.84. The third kappa shape index (κ3) is 3.21. The molecule has 0 aromatic heterocycles. The van der Waals surface area contributed by atoms with Crippen LogP contribution in [0.15, 0.2) is 47.7 Å². The van der Waals surface area contributed by atoms with Crippen LogP contribution in [0.5, 0.6) is 0 Å². The molecule has 0 aliphatic heterocycles. The highest BCUT2D eigenvalue weighted by atomic mass is 16.6. The minimum atomic E-state index is -2.41. The van der Waals surface area contributed by atoms with Gasteiger partial charge in [0, 0.05) is 0 Å². The van der Waals surface area contributed by atoms with Gasteiger partial charge in [0.15, 0.2) is 10.7 Å². The van der Waals surface area contributed by atoms with Gasteiger partial charge in [-0.2, -0.15) is 0 Å². The first-order chi connectivity index (χ1) is 11.7. The second-order valence-corrected chi connectivity index (χ2v) is 6.51. The molecule has 1 aliphatic rings. The second kappa shape index (κ2) is 6.57. The number of aliphatic hydroxyl groups is 2. The standard InChI is InChI=1S/C18H20N2O5/c1-5-24-15-12(11-9-7-6-8-10-11)14(21)18(15,23)13(20-19)16(22)25-17(2,3)4/h6-10,23H,5H2,1-4H3/p+1/b16-13+. The fraction of sp³-hybridized carbons (Fsp3) is 0.389. The van der Waals surface area contributed by atoms with E-state index in [0.29, 0.717) is 5.56 Å². The first-order valence-electron chi connectivity index (χ1n) is 7.84. The third-order valence-electron chi connectivity index (χ3n) is 3.51. The fourth-order valence-corrected chi connectivity index (χ4v) is 2.52. The summed E-state index contributed by atoms with van der Waals surface area (Å²) in [4.78, 5) is 15.6. The van der Waals surface area contributed by atoms with E-state index in [1.54, 1.807) is 58.0 Å². The minimum Gasteiger partial charge on any atom is -0.493 e. The van der Waals surface area contributed by atoms with Crippen molar-refractivity contribution in [1.29, 1.82) is 5.39 Å². The quantitative estimate of drug-likeness (QED) is 0.627. The van der Waals surface area contributed by atoms with Crippen molar-refractivity contribution in [3.63, 3.8) is 0 Å². The number of carbonyl (C=O) groups excluding carboxylic acids is 1. The normalized spacial score (nSPS) is 21.2. The van der Waals surface area contributed by atoms with Gasteiger partial charge in [0.2, 0.25) is 11.2 Å². The Bertz CT molecular complexity index is 784. The van der Waals surface area contributed by atoms with Gasteiger partial charge in [-0.05, 0) is 33.3 Å². The average Bonchev–Trinajstić information content (AvgIpc) is 2.54. The second-order valence-electron chi connectivity index (χ2n) is 6.51. The number of aliphatic hydroxyl groups excluding tert-OH is 1. The van der Waals surface area contributed by atoms with Crippen LogP contribution < -0.4 is 0 Å². The molecule has 0 bridgehead atoms. The van der Waals surface area contributed by atoms with Gasteiger partial charge in [0.05, 0.1) is 12.2 Å². The SMILES string of the molecule is CCOC1=C(c2ccccc2)C(=O)C1(O)/C([N+]#N)=C(/O)OC(C)(C)C. The Balaban J connectivity index is 2.60. The summed E-state index contributed by atoms with van der Waals surface area (Å²) in [6.07, 6.45) is 0.